The van der Waals surface area contributed by atoms with Crippen molar-refractivity contribution < 1.29 is 4.42 Å². The zero-order chi connectivity index (χ0) is 15.1. The summed E-state index contributed by atoms with van der Waals surface area (Å²) in [7, 11) is 0. The van der Waals surface area contributed by atoms with Crippen LogP contribution in [-0.2, 0) is 6.42 Å². The maximum atomic E-state index is 5.35. The van der Waals surface area contributed by atoms with E-state index in [9.17, 15) is 0 Å². The Labute approximate surface area is 128 Å². The topological polar surface area (TPSA) is 49.6 Å². The van der Waals surface area contributed by atoms with Crippen LogP contribution in [0.15, 0.2) is 27.8 Å². The van der Waals surface area contributed by atoms with E-state index in [0.717, 1.165) is 30.6 Å². The first-order chi connectivity index (χ1) is 10.1. The fourth-order valence-electron chi connectivity index (χ4n) is 2.85. The van der Waals surface area contributed by atoms with E-state index >= 15 is 0 Å². The van der Waals surface area contributed by atoms with Crippen molar-refractivity contribution in [2.75, 3.05) is 6.54 Å². The molecule has 1 fully saturated rings. The molecule has 1 aliphatic carbocycles. The molecule has 1 aliphatic rings. The predicted octanol–water partition coefficient (Wildman–Crippen LogP) is 3.34. The molecule has 0 aromatic carbocycles. The van der Waals surface area contributed by atoms with E-state index in [1.165, 1.54) is 25.7 Å². The normalized spacial score (nSPS) is 23.3. The van der Waals surface area contributed by atoms with Gasteiger partial charge in [0.25, 0.3) is 0 Å². The number of nitrogens with one attached hydrogen (secondary N) is 2. The zero-order valence-electron chi connectivity index (χ0n) is 13.6. The second kappa shape index (κ2) is 8.11. The smallest absolute Gasteiger partial charge is 0.191 e. The summed E-state index contributed by atoms with van der Waals surface area (Å²) in [6, 6.07) is 4.86. The van der Waals surface area contributed by atoms with E-state index in [2.05, 4.69) is 31.4 Å². The van der Waals surface area contributed by atoms with Gasteiger partial charge in [-0.25, -0.2) is 0 Å². The average Bonchev–Trinajstić information content (AvgIpc) is 2.94. The molecular weight excluding hydrogens is 262 g/mol. The van der Waals surface area contributed by atoms with Crippen LogP contribution in [0.1, 0.15) is 52.2 Å². The van der Waals surface area contributed by atoms with E-state index in [-0.39, 0.29) is 0 Å². The molecule has 1 heterocycles. The van der Waals surface area contributed by atoms with Crippen LogP contribution in [0.25, 0.3) is 0 Å². The quantitative estimate of drug-likeness (QED) is 0.646. The van der Waals surface area contributed by atoms with E-state index < -0.39 is 0 Å². The fourth-order valence-corrected chi connectivity index (χ4v) is 2.85. The highest BCUT2D eigenvalue weighted by atomic mass is 16.3. The fraction of sp³-hybridized carbons (Fsp3) is 0.706. The Kier molecular flexibility index (Phi) is 6.15. The van der Waals surface area contributed by atoms with Crippen LogP contribution >= 0.6 is 0 Å². The Morgan fingerprint density at radius 3 is 2.86 bits per heavy atom. The van der Waals surface area contributed by atoms with Crippen molar-refractivity contribution >= 4 is 5.96 Å². The molecule has 1 aromatic rings. The number of furan rings is 1. The number of guanidine groups is 1. The van der Waals surface area contributed by atoms with E-state index in [4.69, 9.17) is 9.41 Å². The van der Waals surface area contributed by atoms with Gasteiger partial charge in [0.15, 0.2) is 5.96 Å². The van der Waals surface area contributed by atoms with Crippen LogP contribution < -0.4 is 10.6 Å². The summed E-state index contributed by atoms with van der Waals surface area (Å²) in [5.41, 5.74) is 0. The minimum atomic E-state index is 0.388. The lowest BCUT2D eigenvalue weighted by Gasteiger charge is -2.31. The van der Waals surface area contributed by atoms with E-state index in [0.29, 0.717) is 12.1 Å². The Morgan fingerprint density at radius 1 is 1.38 bits per heavy atom. The molecule has 2 unspecified atom stereocenters. The Bertz CT molecular complexity index is 425. The molecule has 21 heavy (non-hydrogen) atoms. The van der Waals surface area contributed by atoms with Crippen molar-refractivity contribution in [3.8, 4) is 0 Å². The van der Waals surface area contributed by atoms with Gasteiger partial charge in [-0.3, -0.25) is 4.99 Å². The summed E-state index contributed by atoms with van der Waals surface area (Å²) in [6.07, 6.45) is 7.81. The van der Waals surface area contributed by atoms with Gasteiger partial charge in [0.1, 0.15) is 5.76 Å². The van der Waals surface area contributed by atoms with Gasteiger partial charge in [-0.15, -0.1) is 0 Å². The van der Waals surface area contributed by atoms with Crippen LogP contribution in [0.2, 0.25) is 0 Å². The SMILES string of the molecule is CC(C)NC(=NCCc1ccco1)NC1CCCCC1C. The zero-order valence-corrected chi connectivity index (χ0v) is 13.6. The summed E-state index contributed by atoms with van der Waals surface area (Å²) in [4.78, 5) is 4.70. The van der Waals surface area contributed by atoms with Crippen molar-refractivity contribution in [3.63, 3.8) is 0 Å². The molecule has 0 amide bonds. The van der Waals surface area contributed by atoms with Crippen molar-refractivity contribution in [3.05, 3.63) is 24.2 Å². The average molecular weight is 291 g/mol. The molecule has 0 saturated heterocycles. The van der Waals surface area contributed by atoms with Gasteiger partial charge < -0.3 is 15.1 Å². The summed E-state index contributed by atoms with van der Waals surface area (Å²) in [6.45, 7) is 7.38. The van der Waals surface area contributed by atoms with Gasteiger partial charge >= 0.3 is 0 Å². The van der Waals surface area contributed by atoms with Gasteiger partial charge in [0.2, 0.25) is 0 Å². The van der Waals surface area contributed by atoms with Crippen LogP contribution in [0.4, 0.5) is 0 Å². The third-order valence-corrected chi connectivity index (χ3v) is 4.07. The van der Waals surface area contributed by atoms with Crippen molar-refractivity contribution in [1.29, 1.82) is 0 Å². The molecule has 4 heteroatoms. The molecule has 0 aliphatic heterocycles. The van der Waals surface area contributed by atoms with Crippen LogP contribution in [0.5, 0.6) is 0 Å². The Morgan fingerprint density at radius 2 is 2.19 bits per heavy atom. The summed E-state index contributed by atoms with van der Waals surface area (Å²) in [5, 5.41) is 7.06. The number of nitrogens with zero attached hydrogens (tertiary/aromatic N) is 1. The number of hydrogen-bond donors (Lipinski definition) is 2. The van der Waals surface area contributed by atoms with Gasteiger partial charge in [0.05, 0.1) is 6.26 Å². The highest BCUT2D eigenvalue weighted by Crippen LogP contribution is 2.23. The molecule has 0 spiro atoms. The third-order valence-electron chi connectivity index (χ3n) is 4.07. The number of rotatable bonds is 5. The monoisotopic (exact) mass is 291 g/mol. The second-order valence-corrected chi connectivity index (χ2v) is 6.37. The second-order valence-electron chi connectivity index (χ2n) is 6.37. The lowest BCUT2D eigenvalue weighted by Crippen LogP contribution is -2.49. The van der Waals surface area contributed by atoms with Crippen LogP contribution in [0, 0.1) is 5.92 Å². The largest absolute Gasteiger partial charge is 0.469 e. The molecule has 0 radical (unpaired) electrons. The lowest BCUT2D eigenvalue weighted by molar-refractivity contribution is 0.306. The maximum Gasteiger partial charge on any atom is 0.191 e. The molecule has 1 aromatic heterocycles. The molecule has 118 valence electrons. The first-order valence-corrected chi connectivity index (χ1v) is 8.25. The predicted molar refractivity (Wildman–Crippen MR) is 87.5 cm³/mol. The maximum absolute atomic E-state index is 5.35. The first kappa shape index (κ1) is 15.9. The van der Waals surface area contributed by atoms with Crippen molar-refractivity contribution in [2.24, 2.45) is 10.9 Å². The summed E-state index contributed by atoms with van der Waals surface area (Å²) >= 11 is 0. The molecule has 1 saturated carbocycles. The number of aliphatic imine (C=N–C) groups is 1. The minimum Gasteiger partial charge on any atom is -0.469 e. The molecule has 2 N–H and O–H groups in total. The van der Waals surface area contributed by atoms with Gasteiger partial charge in [0, 0.05) is 25.0 Å². The van der Waals surface area contributed by atoms with Crippen LogP contribution in [-0.4, -0.2) is 24.6 Å². The van der Waals surface area contributed by atoms with E-state index in [1.807, 2.05) is 12.1 Å². The molecular formula is C17H29N3O. The standard InChI is InChI=1S/C17H29N3O/c1-13(2)19-17(18-11-10-15-8-6-12-21-15)20-16-9-5-4-7-14(16)3/h6,8,12-14,16H,4-5,7,9-11H2,1-3H3,(H2,18,19,20). The lowest BCUT2D eigenvalue weighted by atomic mass is 9.86. The summed E-state index contributed by atoms with van der Waals surface area (Å²) in [5.74, 6) is 2.66. The van der Waals surface area contributed by atoms with E-state index in [1.54, 1.807) is 6.26 Å². The molecule has 0 bridgehead atoms. The minimum absolute atomic E-state index is 0.388. The highest BCUT2D eigenvalue weighted by Gasteiger charge is 2.22. The first-order valence-electron chi connectivity index (χ1n) is 8.25. The van der Waals surface area contributed by atoms with Crippen molar-refractivity contribution in [1.82, 2.24) is 10.6 Å². The molecule has 2 atom stereocenters. The summed E-state index contributed by atoms with van der Waals surface area (Å²) < 4.78 is 5.35. The Balaban J connectivity index is 1.89. The van der Waals surface area contributed by atoms with Crippen molar-refractivity contribution in [2.45, 2.75) is 65.0 Å². The third kappa shape index (κ3) is 5.44. The highest BCUT2D eigenvalue weighted by molar-refractivity contribution is 5.80. The van der Waals surface area contributed by atoms with Gasteiger partial charge in [-0.1, -0.05) is 19.8 Å². The Hall–Kier alpha value is -1.45. The van der Waals surface area contributed by atoms with Gasteiger partial charge in [-0.2, -0.15) is 0 Å². The number of hydrogen-bond acceptors (Lipinski definition) is 2. The van der Waals surface area contributed by atoms with Gasteiger partial charge in [-0.05, 0) is 44.7 Å². The molecule has 4 nitrogen and oxygen atoms in total. The van der Waals surface area contributed by atoms with Crippen LogP contribution in [0.3, 0.4) is 0 Å². The molecule has 2 rings (SSSR count).